The largest absolute Gasteiger partial charge is 0.507 e. The number of carboxylic acids is 1. The summed E-state index contributed by atoms with van der Waals surface area (Å²) in [5, 5.41) is 19.9. The van der Waals surface area contributed by atoms with Gasteiger partial charge in [0.2, 0.25) is 0 Å². The minimum atomic E-state index is -0.875. The second kappa shape index (κ2) is 11.2. The first-order valence-corrected chi connectivity index (χ1v) is 11.6. The fourth-order valence-electron chi connectivity index (χ4n) is 3.98. The van der Waals surface area contributed by atoms with Gasteiger partial charge in [-0.05, 0) is 42.7 Å². The molecule has 0 bridgehead atoms. The normalized spacial score (nSPS) is 17.1. The van der Waals surface area contributed by atoms with Crippen molar-refractivity contribution in [3.63, 3.8) is 0 Å². The summed E-state index contributed by atoms with van der Waals surface area (Å²) in [6.07, 6.45) is 1.61. The number of Topliss-reactive ketones (excluding diaryl/α,β-unsaturated/α-hetero) is 1. The molecule has 1 saturated heterocycles. The van der Waals surface area contributed by atoms with Gasteiger partial charge in [-0.2, -0.15) is 0 Å². The molecule has 1 amide bonds. The Balaban J connectivity index is 2.04. The lowest BCUT2D eigenvalue weighted by atomic mass is 9.95. The summed E-state index contributed by atoms with van der Waals surface area (Å²) >= 11 is 3.35. The van der Waals surface area contributed by atoms with Crippen LogP contribution in [0.1, 0.15) is 42.9 Å². The second-order valence-electron chi connectivity index (χ2n) is 7.82. The summed E-state index contributed by atoms with van der Waals surface area (Å²) in [7, 11) is 3.00. The molecule has 3 rings (SSSR count). The molecule has 0 unspecified atom stereocenters. The molecule has 0 saturated carbocycles. The van der Waals surface area contributed by atoms with Crippen molar-refractivity contribution in [2.75, 3.05) is 20.8 Å². The van der Waals surface area contributed by atoms with E-state index in [1.165, 1.54) is 19.1 Å². The number of ether oxygens (including phenoxy) is 2. The number of hydrogen-bond donors (Lipinski definition) is 2. The van der Waals surface area contributed by atoms with Gasteiger partial charge in [0.05, 0.1) is 25.8 Å². The summed E-state index contributed by atoms with van der Waals surface area (Å²) in [6.45, 7) is 0.236. The molecule has 1 atom stereocenters. The van der Waals surface area contributed by atoms with Gasteiger partial charge in [-0.1, -0.05) is 40.5 Å². The molecule has 2 aromatic carbocycles. The van der Waals surface area contributed by atoms with E-state index in [-0.39, 0.29) is 24.3 Å². The Hall–Kier alpha value is -3.33. The number of carboxylic acid groups (broad SMARTS) is 1. The molecule has 2 aromatic rings. The van der Waals surface area contributed by atoms with Gasteiger partial charge in [0.25, 0.3) is 11.7 Å². The summed E-state index contributed by atoms with van der Waals surface area (Å²) in [5.41, 5.74) is 0.985. The molecule has 2 N–H and O–H groups in total. The van der Waals surface area contributed by atoms with E-state index in [1.54, 1.807) is 42.5 Å². The number of hydrogen-bond acceptors (Lipinski definition) is 6. The lowest BCUT2D eigenvalue weighted by Gasteiger charge is -2.26. The average Bonchev–Trinajstić information content (AvgIpc) is 3.08. The topological polar surface area (TPSA) is 113 Å². The number of aliphatic hydroxyl groups excluding tert-OH is 1. The number of likely N-dealkylation sites (tertiary alicyclic amines) is 1. The first-order chi connectivity index (χ1) is 16.3. The molecule has 180 valence electrons. The molecule has 1 heterocycles. The number of carbonyl (C=O) groups excluding carboxylic acids is 2. The van der Waals surface area contributed by atoms with Crippen LogP contribution in [0.15, 0.2) is 52.5 Å². The minimum Gasteiger partial charge on any atom is -0.507 e. The van der Waals surface area contributed by atoms with Crippen LogP contribution in [0.2, 0.25) is 0 Å². The van der Waals surface area contributed by atoms with Crippen molar-refractivity contribution in [1.29, 1.82) is 0 Å². The van der Waals surface area contributed by atoms with Crippen LogP contribution in [0.5, 0.6) is 11.5 Å². The lowest BCUT2D eigenvalue weighted by molar-refractivity contribution is -0.140. The molecular formula is C25H26BrNO7. The van der Waals surface area contributed by atoms with Crippen molar-refractivity contribution >= 4 is 39.3 Å². The SMILES string of the molecule is COc1ccc([C@H]2C(=C(O)c3ccc(Br)cc3)C(=O)C(=O)N2CCCCCC(=O)O)cc1OC. The highest BCUT2D eigenvalue weighted by Crippen LogP contribution is 2.42. The predicted molar refractivity (Wildman–Crippen MR) is 129 cm³/mol. The minimum absolute atomic E-state index is 0.00919. The molecule has 1 aliphatic rings. The monoisotopic (exact) mass is 531 g/mol. The Morgan fingerprint density at radius 3 is 2.26 bits per heavy atom. The number of benzene rings is 2. The zero-order chi connectivity index (χ0) is 24.8. The standard InChI is InChI=1S/C25H26BrNO7/c1-33-18-12-9-16(14-19(18)34-2)22-21(23(30)15-7-10-17(26)11-8-15)24(31)25(32)27(22)13-5-3-4-6-20(28)29/h7-12,14,22,30H,3-6,13H2,1-2H3,(H,28,29)/t22-/m0/s1. The molecule has 34 heavy (non-hydrogen) atoms. The molecule has 0 spiro atoms. The first-order valence-electron chi connectivity index (χ1n) is 10.8. The highest BCUT2D eigenvalue weighted by atomic mass is 79.9. The van der Waals surface area contributed by atoms with Crippen LogP contribution in [-0.4, -0.2) is 53.5 Å². The molecule has 0 aliphatic carbocycles. The van der Waals surface area contributed by atoms with E-state index in [2.05, 4.69) is 15.9 Å². The molecule has 8 nitrogen and oxygen atoms in total. The third kappa shape index (κ3) is 5.41. The van der Waals surface area contributed by atoms with E-state index in [4.69, 9.17) is 14.6 Å². The highest BCUT2D eigenvalue weighted by Gasteiger charge is 2.46. The van der Waals surface area contributed by atoms with Gasteiger partial charge < -0.3 is 24.6 Å². The molecule has 1 aliphatic heterocycles. The van der Waals surface area contributed by atoms with Crippen LogP contribution in [-0.2, 0) is 14.4 Å². The van der Waals surface area contributed by atoms with Gasteiger partial charge in [-0.15, -0.1) is 0 Å². The van der Waals surface area contributed by atoms with E-state index in [0.29, 0.717) is 41.9 Å². The third-order valence-electron chi connectivity index (χ3n) is 5.67. The quantitative estimate of drug-likeness (QED) is 0.200. The Bertz CT molecular complexity index is 1110. The smallest absolute Gasteiger partial charge is 0.303 e. The summed E-state index contributed by atoms with van der Waals surface area (Å²) in [6, 6.07) is 11.0. The Labute approximate surface area is 205 Å². The van der Waals surface area contributed by atoms with Crippen molar-refractivity contribution in [2.24, 2.45) is 0 Å². The van der Waals surface area contributed by atoms with E-state index >= 15 is 0 Å². The van der Waals surface area contributed by atoms with E-state index in [0.717, 1.165) is 4.47 Å². The average molecular weight is 532 g/mol. The maximum absolute atomic E-state index is 13.1. The Morgan fingerprint density at radius 1 is 0.971 bits per heavy atom. The van der Waals surface area contributed by atoms with Crippen LogP contribution in [0.4, 0.5) is 0 Å². The number of halogens is 1. The van der Waals surface area contributed by atoms with Crippen molar-refractivity contribution < 1.29 is 34.1 Å². The molecule has 0 radical (unpaired) electrons. The number of rotatable bonds is 10. The van der Waals surface area contributed by atoms with Gasteiger partial charge in [0, 0.05) is 23.0 Å². The Kier molecular flexibility index (Phi) is 8.33. The van der Waals surface area contributed by atoms with Crippen LogP contribution in [0.25, 0.3) is 5.76 Å². The number of ketones is 1. The number of amides is 1. The van der Waals surface area contributed by atoms with Crippen molar-refractivity contribution in [3.05, 3.63) is 63.6 Å². The Morgan fingerprint density at radius 2 is 1.65 bits per heavy atom. The van der Waals surface area contributed by atoms with Crippen LogP contribution < -0.4 is 9.47 Å². The van der Waals surface area contributed by atoms with Gasteiger partial charge in [-0.3, -0.25) is 14.4 Å². The van der Waals surface area contributed by atoms with Gasteiger partial charge in [0.1, 0.15) is 5.76 Å². The summed E-state index contributed by atoms with van der Waals surface area (Å²) in [5.74, 6) is -1.71. The van der Waals surface area contributed by atoms with Crippen LogP contribution in [0.3, 0.4) is 0 Å². The molecule has 1 fully saturated rings. The molecule has 9 heteroatoms. The number of unbranched alkanes of at least 4 members (excludes halogenated alkanes) is 2. The number of aliphatic carboxylic acids is 1. The third-order valence-corrected chi connectivity index (χ3v) is 6.20. The first kappa shape index (κ1) is 25.3. The van der Waals surface area contributed by atoms with E-state index < -0.39 is 23.7 Å². The lowest BCUT2D eigenvalue weighted by Crippen LogP contribution is -2.30. The van der Waals surface area contributed by atoms with Crippen molar-refractivity contribution in [2.45, 2.75) is 31.7 Å². The zero-order valence-electron chi connectivity index (χ0n) is 18.9. The van der Waals surface area contributed by atoms with Crippen molar-refractivity contribution in [3.8, 4) is 11.5 Å². The van der Waals surface area contributed by atoms with Gasteiger partial charge in [0.15, 0.2) is 11.5 Å². The maximum Gasteiger partial charge on any atom is 0.303 e. The number of carbonyl (C=O) groups is 3. The van der Waals surface area contributed by atoms with E-state index in [9.17, 15) is 19.5 Å². The number of methoxy groups -OCH3 is 2. The molecule has 0 aromatic heterocycles. The fourth-order valence-corrected chi connectivity index (χ4v) is 4.24. The van der Waals surface area contributed by atoms with Crippen LogP contribution >= 0.6 is 15.9 Å². The predicted octanol–water partition coefficient (Wildman–Crippen LogP) is 4.53. The number of nitrogens with zero attached hydrogens (tertiary/aromatic N) is 1. The van der Waals surface area contributed by atoms with Gasteiger partial charge in [-0.25, -0.2) is 0 Å². The summed E-state index contributed by atoms with van der Waals surface area (Å²) in [4.78, 5) is 38.3. The van der Waals surface area contributed by atoms with Crippen molar-refractivity contribution in [1.82, 2.24) is 4.90 Å². The maximum atomic E-state index is 13.1. The second-order valence-corrected chi connectivity index (χ2v) is 8.73. The zero-order valence-corrected chi connectivity index (χ0v) is 20.5. The number of aliphatic hydroxyl groups is 1. The fraction of sp³-hybridized carbons (Fsp3) is 0.320. The highest BCUT2D eigenvalue weighted by molar-refractivity contribution is 9.10. The summed E-state index contributed by atoms with van der Waals surface area (Å²) < 4.78 is 11.5. The van der Waals surface area contributed by atoms with Gasteiger partial charge >= 0.3 is 5.97 Å². The van der Waals surface area contributed by atoms with Crippen LogP contribution in [0, 0.1) is 0 Å². The van der Waals surface area contributed by atoms with E-state index in [1.807, 2.05) is 0 Å². The molecular weight excluding hydrogens is 506 g/mol.